The highest BCUT2D eigenvalue weighted by Gasteiger charge is 2.22. The van der Waals surface area contributed by atoms with Gasteiger partial charge in [-0.25, -0.2) is 13.2 Å². The zero-order valence-electron chi connectivity index (χ0n) is 14.0. The Labute approximate surface area is 136 Å². The molecule has 23 heavy (non-hydrogen) atoms. The van der Waals surface area contributed by atoms with Crippen molar-refractivity contribution in [1.82, 2.24) is 0 Å². The molecule has 0 N–H and O–H groups in total. The quantitative estimate of drug-likeness (QED) is 0.484. The lowest BCUT2D eigenvalue weighted by Crippen LogP contribution is -2.05. The molecule has 0 spiro atoms. The maximum absolute atomic E-state index is 14.5. The molecule has 0 saturated carbocycles. The highest BCUT2D eigenvalue weighted by Crippen LogP contribution is 2.38. The Balaban J connectivity index is 2.34. The largest absolute Gasteiger partial charge is 0.212 e. The van der Waals surface area contributed by atoms with E-state index in [1.165, 1.54) is 6.08 Å². The fourth-order valence-electron chi connectivity index (χ4n) is 2.92. The summed E-state index contributed by atoms with van der Waals surface area (Å²) in [7, 11) is 0. The smallest absolute Gasteiger partial charge is 0.129 e. The molecule has 0 radical (unpaired) electrons. The molecular formula is C20H23F3. The van der Waals surface area contributed by atoms with Gasteiger partial charge in [0.2, 0.25) is 0 Å². The molecule has 0 amide bonds. The third kappa shape index (κ3) is 4.37. The lowest BCUT2D eigenvalue weighted by Gasteiger charge is -2.21. The molecule has 3 heteroatoms. The molecule has 0 saturated heterocycles. The first-order chi connectivity index (χ1) is 10.9. The number of allylic oxidation sites excluding steroid dienone is 12. The van der Waals surface area contributed by atoms with E-state index in [4.69, 9.17) is 0 Å². The summed E-state index contributed by atoms with van der Waals surface area (Å²) in [6, 6.07) is 0. The van der Waals surface area contributed by atoms with Gasteiger partial charge in [-0.05, 0) is 67.9 Å². The van der Waals surface area contributed by atoms with E-state index in [2.05, 4.69) is 0 Å². The minimum absolute atomic E-state index is 0.193. The van der Waals surface area contributed by atoms with E-state index in [-0.39, 0.29) is 12.2 Å². The molecule has 0 aromatic heterocycles. The molecule has 0 fully saturated rings. The van der Waals surface area contributed by atoms with E-state index in [1.807, 2.05) is 32.9 Å². The monoisotopic (exact) mass is 320 g/mol. The van der Waals surface area contributed by atoms with Crippen LogP contribution in [0.5, 0.6) is 0 Å². The van der Waals surface area contributed by atoms with Crippen molar-refractivity contribution in [3.63, 3.8) is 0 Å². The van der Waals surface area contributed by atoms with Crippen LogP contribution in [-0.2, 0) is 0 Å². The predicted molar refractivity (Wildman–Crippen MR) is 89.8 cm³/mol. The fraction of sp³-hybridized carbons (Fsp3) is 0.400. The highest BCUT2D eigenvalue weighted by molar-refractivity contribution is 5.49. The molecule has 0 atom stereocenters. The van der Waals surface area contributed by atoms with Gasteiger partial charge in [0.05, 0.1) is 0 Å². The van der Waals surface area contributed by atoms with Gasteiger partial charge >= 0.3 is 0 Å². The van der Waals surface area contributed by atoms with Crippen LogP contribution in [0.25, 0.3) is 0 Å². The summed E-state index contributed by atoms with van der Waals surface area (Å²) in [4.78, 5) is 0. The summed E-state index contributed by atoms with van der Waals surface area (Å²) in [5, 5.41) is 0. The van der Waals surface area contributed by atoms with Crippen molar-refractivity contribution in [1.29, 1.82) is 0 Å². The lowest BCUT2D eigenvalue weighted by molar-refractivity contribution is 0.546. The maximum Gasteiger partial charge on any atom is 0.129 e. The maximum atomic E-state index is 14.5. The van der Waals surface area contributed by atoms with Crippen LogP contribution >= 0.6 is 0 Å². The second-order valence-electron chi connectivity index (χ2n) is 6.20. The average Bonchev–Trinajstić information content (AvgIpc) is 2.49. The Kier molecular flexibility index (Phi) is 5.86. The highest BCUT2D eigenvalue weighted by atomic mass is 19.1. The van der Waals surface area contributed by atoms with E-state index < -0.39 is 11.7 Å². The van der Waals surface area contributed by atoms with Gasteiger partial charge in [-0.3, -0.25) is 0 Å². The van der Waals surface area contributed by atoms with Crippen molar-refractivity contribution >= 4 is 0 Å². The standard InChI is InChI=1S/C20H23F3/c1-4-14(6-5-13(2)3)17-9-7-15(11-19(17)22)18-10-8-16(21)12-20(18)23/h5-6,11-12H,4,7-10H2,1-3H3/b14-6+. The molecule has 124 valence electrons. The molecule has 0 aliphatic heterocycles. The van der Waals surface area contributed by atoms with Gasteiger partial charge < -0.3 is 0 Å². The molecule has 0 unspecified atom stereocenters. The van der Waals surface area contributed by atoms with Gasteiger partial charge in [-0.15, -0.1) is 0 Å². The van der Waals surface area contributed by atoms with Gasteiger partial charge in [0.25, 0.3) is 0 Å². The molecule has 0 aromatic rings. The molecular weight excluding hydrogens is 297 g/mol. The summed E-state index contributed by atoms with van der Waals surface area (Å²) < 4.78 is 41.5. The van der Waals surface area contributed by atoms with Gasteiger partial charge in [-0.1, -0.05) is 24.6 Å². The van der Waals surface area contributed by atoms with Crippen LogP contribution in [-0.4, -0.2) is 0 Å². The second-order valence-corrected chi connectivity index (χ2v) is 6.20. The Morgan fingerprint density at radius 3 is 2.26 bits per heavy atom. The number of halogens is 3. The summed E-state index contributed by atoms with van der Waals surface area (Å²) in [6.07, 6.45) is 8.68. The summed E-state index contributed by atoms with van der Waals surface area (Å²) in [5.41, 5.74) is 3.94. The minimum Gasteiger partial charge on any atom is -0.212 e. The van der Waals surface area contributed by atoms with Crippen LogP contribution in [0.1, 0.15) is 52.9 Å². The summed E-state index contributed by atoms with van der Waals surface area (Å²) in [6.45, 7) is 6.00. The first-order valence-electron chi connectivity index (χ1n) is 8.11. The van der Waals surface area contributed by atoms with Crippen molar-refractivity contribution in [2.24, 2.45) is 0 Å². The van der Waals surface area contributed by atoms with Gasteiger partial charge in [0.15, 0.2) is 0 Å². The fourth-order valence-corrected chi connectivity index (χ4v) is 2.92. The molecule has 0 heterocycles. The van der Waals surface area contributed by atoms with Gasteiger partial charge in [0.1, 0.15) is 17.5 Å². The van der Waals surface area contributed by atoms with Crippen molar-refractivity contribution in [2.75, 3.05) is 0 Å². The predicted octanol–water partition coefficient (Wildman–Crippen LogP) is 7.10. The van der Waals surface area contributed by atoms with E-state index >= 15 is 0 Å². The third-order valence-corrected chi connectivity index (χ3v) is 4.19. The third-order valence-electron chi connectivity index (χ3n) is 4.19. The molecule has 0 nitrogen and oxygen atoms in total. The topological polar surface area (TPSA) is 0 Å². The lowest BCUT2D eigenvalue weighted by atomic mass is 9.85. The number of hydrogen-bond donors (Lipinski definition) is 0. The normalized spacial score (nSPS) is 19.7. The van der Waals surface area contributed by atoms with E-state index in [0.29, 0.717) is 36.0 Å². The van der Waals surface area contributed by atoms with Crippen LogP contribution in [0, 0.1) is 0 Å². The van der Waals surface area contributed by atoms with E-state index in [0.717, 1.165) is 23.6 Å². The van der Waals surface area contributed by atoms with Crippen molar-refractivity contribution in [3.8, 4) is 0 Å². The molecule has 2 aliphatic rings. The van der Waals surface area contributed by atoms with Gasteiger partial charge in [0, 0.05) is 12.5 Å². The Morgan fingerprint density at radius 1 is 0.957 bits per heavy atom. The zero-order valence-corrected chi connectivity index (χ0v) is 14.0. The average molecular weight is 320 g/mol. The van der Waals surface area contributed by atoms with E-state index in [1.54, 1.807) is 0 Å². The summed E-state index contributed by atoms with van der Waals surface area (Å²) in [5.74, 6) is -1.30. The summed E-state index contributed by atoms with van der Waals surface area (Å²) >= 11 is 0. The number of hydrogen-bond acceptors (Lipinski definition) is 0. The van der Waals surface area contributed by atoms with Gasteiger partial charge in [-0.2, -0.15) is 0 Å². The van der Waals surface area contributed by atoms with Crippen molar-refractivity contribution < 1.29 is 13.2 Å². The first-order valence-corrected chi connectivity index (χ1v) is 8.11. The zero-order chi connectivity index (χ0) is 17.0. The second kappa shape index (κ2) is 7.67. The Bertz CT molecular complexity index is 663. The van der Waals surface area contributed by atoms with E-state index in [9.17, 15) is 13.2 Å². The minimum atomic E-state index is -0.563. The first kappa shape index (κ1) is 17.6. The van der Waals surface area contributed by atoms with Crippen LogP contribution < -0.4 is 0 Å². The molecule has 0 aromatic carbocycles. The Hall–Kier alpha value is -1.77. The van der Waals surface area contributed by atoms with Crippen LogP contribution in [0.4, 0.5) is 13.2 Å². The number of rotatable bonds is 4. The van der Waals surface area contributed by atoms with Crippen LogP contribution in [0.2, 0.25) is 0 Å². The Morgan fingerprint density at radius 2 is 1.70 bits per heavy atom. The van der Waals surface area contributed by atoms with Crippen molar-refractivity contribution in [2.45, 2.75) is 52.9 Å². The van der Waals surface area contributed by atoms with Crippen LogP contribution in [0.3, 0.4) is 0 Å². The molecule has 2 rings (SSSR count). The van der Waals surface area contributed by atoms with Crippen molar-refractivity contribution in [3.05, 3.63) is 69.7 Å². The SMILES string of the molecule is CC/C(=C\C=C(C)C)C1=C(F)C=C(C2=C(F)C=C(F)CC2)CC1. The molecule has 2 aliphatic carbocycles. The molecule has 0 bridgehead atoms. The van der Waals surface area contributed by atoms with Crippen LogP contribution in [0.15, 0.2) is 69.7 Å².